The second-order valence-corrected chi connectivity index (χ2v) is 2.99. The van der Waals surface area contributed by atoms with Crippen LogP contribution in [0, 0.1) is 0 Å². The molecule has 0 atom stereocenters. The van der Waals surface area contributed by atoms with Crippen molar-refractivity contribution in [3.05, 3.63) is 53.6 Å². The fraction of sp³-hybridized carbons (Fsp3) is 0. The van der Waals surface area contributed by atoms with Gasteiger partial charge < -0.3 is 4.98 Å². The predicted octanol–water partition coefficient (Wildman–Crippen LogP) is 1.45. The Kier molecular flexibility index (Phi) is 2.41. The van der Waals surface area contributed by atoms with Crippen molar-refractivity contribution in [1.29, 1.82) is 0 Å². The molecule has 0 saturated carbocycles. The van der Waals surface area contributed by atoms with Crippen LogP contribution in [-0.2, 0) is 0 Å². The third kappa shape index (κ3) is 1.83. The van der Waals surface area contributed by atoms with Gasteiger partial charge in [0.2, 0.25) is 5.78 Å². The van der Waals surface area contributed by atoms with Crippen molar-refractivity contribution in [2.75, 3.05) is 0 Å². The second-order valence-electron chi connectivity index (χ2n) is 2.99. The molecular weight excluding hydrogens is 192 g/mol. The summed E-state index contributed by atoms with van der Waals surface area (Å²) in [7, 11) is 0. The van der Waals surface area contributed by atoms with E-state index in [1.54, 1.807) is 36.5 Å². The molecule has 2 rings (SSSR count). The van der Waals surface area contributed by atoms with E-state index in [1.807, 2.05) is 0 Å². The lowest BCUT2D eigenvalue weighted by Gasteiger charge is -1.95. The Bertz CT molecular complexity index is 488. The monoisotopic (exact) mass is 200 g/mol. The molecule has 0 bridgehead atoms. The third-order valence-electron chi connectivity index (χ3n) is 1.98. The highest BCUT2D eigenvalue weighted by molar-refractivity contribution is 6.06. The molecule has 0 aliphatic rings. The number of carbonyl (C=O) groups excluding carboxylic acids is 2. The van der Waals surface area contributed by atoms with Crippen LogP contribution in [-0.4, -0.2) is 22.0 Å². The van der Waals surface area contributed by atoms with E-state index in [4.69, 9.17) is 0 Å². The van der Waals surface area contributed by atoms with Crippen LogP contribution in [0.25, 0.3) is 0 Å². The van der Waals surface area contributed by atoms with Gasteiger partial charge in [-0.2, -0.15) is 0 Å². The molecule has 0 fully saturated rings. The minimum Gasteiger partial charge on any atom is -0.350 e. The summed E-state index contributed by atoms with van der Waals surface area (Å²) in [5.74, 6) is -0.219. The zero-order chi connectivity index (χ0) is 10.7. The average molecular weight is 200 g/mol. The van der Waals surface area contributed by atoms with Crippen molar-refractivity contribution >= 4 is 12.1 Å². The van der Waals surface area contributed by atoms with Crippen LogP contribution in [0.3, 0.4) is 0 Å². The van der Waals surface area contributed by atoms with Crippen molar-refractivity contribution < 1.29 is 9.59 Å². The van der Waals surface area contributed by atoms with Crippen LogP contribution in [0.5, 0.6) is 0 Å². The first kappa shape index (κ1) is 9.33. The summed E-state index contributed by atoms with van der Waals surface area (Å²) < 4.78 is 0. The molecule has 0 aliphatic carbocycles. The number of aromatic amines is 1. The number of rotatable bonds is 3. The molecule has 15 heavy (non-hydrogen) atoms. The SMILES string of the molecule is O=Cc1ccc(C(=O)c2ccccn2)[nH]1. The highest BCUT2D eigenvalue weighted by Gasteiger charge is 2.11. The Hall–Kier alpha value is -2.23. The molecule has 0 spiro atoms. The van der Waals surface area contributed by atoms with Crippen molar-refractivity contribution in [3.63, 3.8) is 0 Å². The maximum atomic E-state index is 11.8. The number of ketones is 1. The van der Waals surface area contributed by atoms with E-state index in [2.05, 4.69) is 9.97 Å². The van der Waals surface area contributed by atoms with E-state index in [9.17, 15) is 9.59 Å². The second kappa shape index (κ2) is 3.88. The standard InChI is InChI=1S/C11H8N2O2/c14-7-8-4-5-10(13-8)11(15)9-3-1-2-6-12-9/h1-7,13H. The van der Waals surface area contributed by atoms with Gasteiger partial charge in [0.25, 0.3) is 0 Å². The number of hydrogen-bond acceptors (Lipinski definition) is 3. The molecule has 2 aromatic rings. The van der Waals surface area contributed by atoms with Crippen LogP contribution in [0.15, 0.2) is 36.5 Å². The van der Waals surface area contributed by atoms with E-state index in [-0.39, 0.29) is 5.78 Å². The van der Waals surface area contributed by atoms with Gasteiger partial charge >= 0.3 is 0 Å². The summed E-state index contributed by atoms with van der Waals surface area (Å²) >= 11 is 0. The summed E-state index contributed by atoms with van der Waals surface area (Å²) in [5, 5.41) is 0. The van der Waals surface area contributed by atoms with Crippen LogP contribution in [0.1, 0.15) is 26.7 Å². The maximum absolute atomic E-state index is 11.8. The van der Waals surface area contributed by atoms with Gasteiger partial charge in [0.05, 0.1) is 11.4 Å². The molecule has 74 valence electrons. The zero-order valence-electron chi connectivity index (χ0n) is 7.81. The number of aldehydes is 1. The molecule has 4 heteroatoms. The van der Waals surface area contributed by atoms with E-state index in [0.29, 0.717) is 23.4 Å². The Morgan fingerprint density at radius 3 is 2.73 bits per heavy atom. The van der Waals surface area contributed by atoms with Crippen LogP contribution >= 0.6 is 0 Å². The number of hydrogen-bond donors (Lipinski definition) is 1. The zero-order valence-corrected chi connectivity index (χ0v) is 7.81. The Labute approximate surface area is 86.0 Å². The maximum Gasteiger partial charge on any atom is 0.227 e. The minimum atomic E-state index is -0.219. The number of carbonyl (C=O) groups is 2. The number of nitrogens with one attached hydrogen (secondary N) is 1. The van der Waals surface area contributed by atoms with Gasteiger partial charge in [-0.15, -0.1) is 0 Å². The van der Waals surface area contributed by atoms with Crippen molar-refractivity contribution in [2.24, 2.45) is 0 Å². The minimum absolute atomic E-state index is 0.219. The topological polar surface area (TPSA) is 62.8 Å². The first-order valence-electron chi connectivity index (χ1n) is 4.41. The first-order valence-corrected chi connectivity index (χ1v) is 4.41. The quantitative estimate of drug-likeness (QED) is 0.602. The van der Waals surface area contributed by atoms with E-state index in [0.717, 1.165) is 0 Å². The first-order chi connectivity index (χ1) is 7.31. The fourth-order valence-electron chi connectivity index (χ4n) is 1.25. The van der Waals surface area contributed by atoms with Gasteiger partial charge in [-0.3, -0.25) is 14.6 Å². The van der Waals surface area contributed by atoms with Crippen molar-refractivity contribution in [3.8, 4) is 0 Å². The molecule has 4 nitrogen and oxygen atoms in total. The molecule has 0 aromatic carbocycles. The molecule has 2 heterocycles. The van der Waals surface area contributed by atoms with E-state index in [1.165, 1.54) is 0 Å². The van der Waals surface area contributed by atoms with Crippen LogP contribution in [0.2, 0.25) is 0 Å². The number of nitrogens with zero attached hydrogens (tertiary/aromatic N) is 1. The van der Waals surface area contributed by atoms with Crippen LogP contribution in [0.4, 0.5) is 0 Å². The predicted molar refractivity (Wildman–Crippen MR) is 53.8 cm³/mol. The Morgan fingerprint density at radius 1 is 1.27 bits per heavy atom. The lowest BCUT2D eigenvalue weighted by molar-refractivity contribution is 0.103. The van der Waals surface area contributed by atoms with Crippen molar-refractivity contribution in [1.82, 2.24) is 9.97 Å². The average Bonchev–Trinajstić information content (AvgIpc) is 2.78. The molecular formula is C11H8N2O2. The smallest absolute Gasteiger partial charge is 0.227 e. The summed E-state index contributed by atoms with van der Waals surface area (Å²) in [6.45, 7) is 0. The Balaban J connectivity index is 2.32. The van der Waals surface area contributed by atoms with E-state index < -0.39 is 0 Å². The summed E-state index contributed by atoms with van der Waals surface area (Å²) in [4.78, 5) is 28.8. The number of pyridine rings is 1. The number of aromatic nitrogens is 2. The highest BCUT2D eigenvalue weighted by atomic mass is 16.1. The largest absolute Gasteiger partial charge is 0.350 e. The molecule has 0 unspecified atom stereocenters. The van der Waals surface area contributed by atoms with Gasteiger partial charge in [-0.05, 0) is 24.3 Å². The number of H-pyrrole nitrogens is 1. The summed E-state index contributed by atoms with van der Waals surface area (Å²) in [6.07, 6.45) is 2.21. The molecule has 1 N–H and O–H groups in total. The molecule has 0 amide bonds. The lowest BCUT2D eigenvalue weighted by Crippen LogP contribution is -2.03. The summed E-state index contributed by atoms with van der Waals surface area (Å²) in [6, 6.07) is 8.24. The summed E-state index contributed by atoms with van der Waals surface area (Å²) in [5.41, 5.74) is 1.11. The molecule has 0 aliphatic heterocycles. The van der Waals surface area contributed by atoms with Gasteiger partial charge in [0.15, 0.2) is 6.29 Å². The van der Waals surface area contributed by atoms with Gasteiger partial charge in [0.1, 0.15) is 5.69 Å². The molecule has 0 radical (unpaired) electrons. The van der Waals surface area contributed by atoms with E-state index >= 15 is 0 Å². The van der Waals surface area contributed by atoms with Crippen molar-refractivity contribution in [2.45, 2.75) is 0 Å². The van der Waals surface area contributed by atoms with Gasteiger partial charge in [-0.1, -0.05) is 6.07 Å². The highest BCUT2D eigenvalue weighted by Crippen LogP contribution is 2.06. The normalized spacial score (nSPS) is 9.87. The van der Waals surface area contributed by atoms with Crippen LogP contribution < -0.4 is 0 Å². The van der Waals surface area contributed by atoms with Gasteiger partial charge in [0, 0.05) is 6.20 Å². The fourth-order valence-corrected chi connectivity index (χ4v) is 1.25. The Morgan fingerprint density at radius 2 is 2.13 bits per heavy atom. The van der Waals surface area contributed by atoms with Gasteiger partial charge in [-0.25, -0.2) is 0 Å². The lowest BCUT2D eigenvalue weighted by atomic mass is 10.2. The third-order valence-corrected chi connectivity index (χ3v) is 1.98. The molecule has 0 saturated heterocycles. The molecule has 2 aromatic heterocycles.